The van der Waals surface area contributed by atoms with Gasteiger partial charge in [0.25, 0.3) is 0 Å². The van der Waals surface area contributed by atoms with E-state index in [2.05, 4.69) is 0 Å². The van der Waals surface area contributed by atoms with Gasteiger partial charge in [0, 0.05) is 14.2 Å². The van der Waals surface area contributed by atoms with Crippen LogP contribution in [0.3, 0.4) is 0 Å². The van der Waals surface area contributed by atoms with Gasteiger partial charge in [0.2, 0.25) is 21.8 Å². The first-order chi connectivity index (χ1) is 10.3. The zero-order chi connectivity index (χ0) is 17.0. The fourth-order valence-electron chi connectivity index (χ4n) is 2.08. The first-order valence-corrected chi connectivity index (χ1v) is 9.04. The highest BCUT2D eigenvalue weighted by atomic mass is 32.2. The zero-order valence-corrected chi connectivity index (χ0v) is 15.5. The molecule has 0 unspecified atom stereocenters. The molecular weight excluding hydrogens is 328 g/mol. The average Bonchev–Trinajstić information content (AvgIpc) is 2.50. The zero-order valence-electron chi connectivity index (χ0n) is 13.8. The third-order valence-corrected chi connectivity index (χ3v) is 5.23. The van der Waals surface area contributed by atoms with E-state index in [0.29, 0.717) is 11.5 Å². The Morgan fingerprint density at radius 2 is 1.23 bits per heavy atom. The standard InChI is InChI=1S/C14H24O6S2/c1-7-21-11(15)9-10(12(16)22-8-2)20-14(4,18-6)13(3,17-5)19-9/h9-10H,7-8H2,1-6H3/t9-,10-,13-,14-/m1/s1. The molecule has 0 bridgehead atoms. The monoisotopic (exact) mass is 352 g/mol. The molecular formula is C14H24O6S2. The van der Waals surface area contributed by atoms with Gasteiger partial charge < -0.3 is 18.9 Å². The fourth-order valence-corrected chi connectivity index (χ4v) is 3.32. The summed E-state index contributed by atoms with van der Waals surface area (Å²) in [4.78, 5) is 24.6. The molecule has 0 radical (unpaired) electrons. The van der Waals surface area contributed by atoms with E-state index in [9.17, 15) is 9.59 Å². The van der Waals surface area contributed by atoms with Gasteiger partial charge in [0.05, 0.1) is 0 Å². The Kier molecular flexibility index (Phi) is 7.35. The van der Waals surface area contributed by atoms with Crippen molar-refractivity contribution in [1.82, 2.24) is 0 Å². The van der Waals surface area contributed by atoms with E-state index >= 15 is 0 Å². The van der Waals surface area contributed by atoms with Gasteiger partial charge in [-0.25, -0.2) is 0 Å². The highest BCUT2D eigenvalue weighted by Crippen LogP contribution is 2.41. The number of carbonyl (C=O) groups is 2. The van der Waals surface area contributed by atoms with Crippen LogP contribution in [0.2, 0.25) is 0 Å². The third kappa shape index (κ3) is 3.85. The molecule has 1 saturated heterocycles. The molecule has 22 heavy (non-hydrogen) atoms. The van der Waals surface area contributed by atoms with Crippen LogP contribution in [0.15, 0.2) is 0 Å². The molecule has 0 aliphatic carbocycles. The number of ether oxygens (including phenoxy) is 4. The number of carbonyl (C=O) groups excluding carboxylic acids is 2. The summed E-state index contributed by atoms with van der Waals surface area (Å²) in [5.74, 6) is -1.42. The Bertz CT molecular complexity index is 380. The van der Waals surface area contributed by atoms with Crippen molar-refractivity contribution in [2.75, 3.05) is 25.7 Å². The van der Waals surface area contributed by atoms with Crippen LogP contribution in [-0.4, -0.2) is 59.7 Å². The second-order valence-corrected chi connectivity index (χ2v) is 7.42. The van der Waals surface area contributed by atoms with Crippen molar-refractivity contribution >= 4 is 33.8 Å². The van der Waals surface area contributed by atoms with Crippen molar-refractivity contribution in [3.8, 4) is 0 Å². The predicted molar refractivity (Wildman–Crippen MR) is 86.9 cm³/mol. The normalized spacial score (nSPS) is 35.4. The van der Waals surface area contributed by atoms with Gasteiger partial charge in [-0.3, -0.25) is 9.59 Å². The minimum atomic E-state index is -1.30. The molecule has 128 valence electrons. The van der Waals surface area contributed by atoms with Crippen LogP contribution in [0.1, 0.15) is 27.7 Å². The molecule has 0 aromatic carbocycles. The summed E-state index contributed by atoms with van der Waals surface area (Å²) >= 11 is 2.19. The Balaban J connectivity index is 3.15. The van der Waals surface area contributed by atoms with E-state index in [1.807, 2.05) is 13.8 Å². The van der Waals surface area contributed by atoms with E-state index in [1.54, 1.807) is 13.8 Å². The summed E-state index contributed by atoms with van der Waals surface area (Å²) in [6.07, 6.45) is -2.05. The maximum atomic E-state index is 12.3. The summed E-state index contributed by atoms with van der Waals surface area (Å²) < 4.78 is 22.5. The van der Waals surface area contributed by atoms with Gasteiger partial charge in [-0.2, -0.15) is 0 Å². The Morgan fingerprint density at radius 3 is 1.45 bits per heavy atom. The van der Waals surface area contributed by atoms with Crippen LogP contribution in [0.25, 0.3) is 0 Å². The second-order valence-electron chi connectivity index (χ2n) is 4.88. The van der Waals surface area contributed by atoms with E-state index in [-0.39, 0.29) is 10.2 Å². The molecule has 0 saturated carbocycles. The van der Waals surface area contributed by atoms with Crippen LogP contribution < -0.4 is 0 Å². The van der Waals surface area contributed by atoms with E-state index < -0.39 is 23.8 Å². The first-order valence-electron chi connectivity index (χ1n) is 7.07. The van der Waals surface area contributed by atoms with Gasteiger partial charge >= 0.3 is 0 Å². The summed E-state index contributed by atoms with van der Waals surface area (Å²) in [6, 6.07) is 0. The van der Waals surface area contributed by atoms with Gasteiger partial charge in [0.15, 0.2) is 12.2 Å². The van der Waals surface area contributed by atoms with Gasteiger partial charge in [0.1, 0.15) is 0 Å². The Morgan fingerprint density at radius 1 is 0.909 bits per heavy atom. The Labute approximate surface area is 140 Å². The molecule has 1 aliphatic rings. The van der Waals surface area contributed by atoms with E-state index in [0.717, 1.165) is 23.5 Å². The van der Waals surface area contributed by atoms with Crippen molar-refractivity contribution in [2.24, 2.45) is 0 Å². The molecule has 0 amide bonds. The topological polar surface area (TPSA) is 71.1 Å². The fraction of sp³-hybridized carbons (Fsp3) is 0.857. The number of rotatable bonds is 6. The SMILES string of the molecule is CCSC(=O)[C@@H]1O[C@@](C)(OC)[C@](C)(OC)O[C@H]1C(=O)SCC. The molecule has 0 N–H and O–H groups in total. The van der Waals surface area contributed by atoms with E-state index in [4.69, 9.17) is 18.9 Å². The predicted octanol–water partition coefficient (Wildman–Crippen LogP) is 2.06. The van der Waals surface area contributed by atoms with E-state index in [1.165, 1.54) is 14.2 Å². The largest absolute Gasteiger partial charge is 0.349 e. The highest BCUT2D eigenvalue weighted by Gasteiger charge is 2.59. The maximum Gasteiger partial charge on any atom is 0.221 e. The molecule has 0 aromatic heterocycles. The number of hydrogen-bond donors (Lipinski definition) is 0. The molecule has 1 fully saturated rings. The molecule has 0 spiro atoms. The lowest BCUT2D eigenvalue weighted by Gasteiger charge is -2.50. The van der Waals surface area contributed by atoms with Gasteiger partial charge in [-0.1, -0.05) is 37.4 Å². The second kappa shape index (κ2) is 8.12. The molecule has 1 heterocycles. The average molecular weight is 352 g/mol. The summed E-state index contributed by atoms with van der Waals surface area (Å²) in [7, 11) is 2.89. The van der Waals surface area contributed by atoms with Crippen LogP contribution in [0.4, 0.5) is 0 Å². The summed E-state index contributed by atoms with van der Waals surface area (Å²) in [5, 5.41) is -0.502. The molecule has 8 heteroatoms. The van der Waals surface area contributed by atoms with Crippen LogP contribution in [0.5, 0.6) is 0 Å². The van der Waals surface area contributed by atoms with Crippen LogP contribution in [-0.2, 0) is 28.5 Å². The van der Waals surface area contributed by atoms with Crippen molar-refractivity contribution < 1.29 is 28.5 Å². The smallest absolute Gasteiger partial charge is 0.221 e. The number of hydrogen-bond acceptors (Lipinski definition) is 8. The lowest BCUT2D eigenvalue weighted by atomic mass is 10.0. The number of thioether (sulfide) groups is 2. The van der Waals surface area contributed by atoms with Crippen LogP contribution >= 0.6 is 23.5 Å². The summed E-state index contributed by atoms with van der Waals surface area (Å²) in [5.41, 5.74) is 0. The van der Waals surface area contributed by atoms with Crippen LogP contribution in [0, 0.1) is 0 Å². The Hall–Kier alpha value is -0.120. The van der Waals surface area contributed by atoms with Crippen molar-refractivity contribution in [3.63, 3.8) is 0 Å². The highest BCUT2D eigenvalue weighted by molar-refractivity contribution is 8.14. The third-order valence-electron chi connectivity index (χ3n) is 3.62. The molecule has 1 aliphatic heterocycles. The van der Waals surface area contributed by atoms with Crippen molar-refractivity contribution in [2.45, 2.75) is 51.5 Å². The quantitative estimate of drug-likeness (QED) is 0.719. The van der Waals surface area contributed by atoms with Crippen molar-refractivity contribution in [1.29, 1.82) is 0 Å². The summed E-state index contributed by atoms with van der Waals surface area (Å²) in [6.45, 7) is 6.97. The first kappa shape index (κ1) is 19.9. The molecule has 6 nitrogen and oxygen atoms in total. The van der Waals surface area contributed by atoms with Crippen molar-refractivity contribution in [3.05, 3.63) is 0 Å². The van der Waals surface area contributed by atoms with Gasteiger partial charge in [-0.05, 0) is 25.4 Å². The lowest BCUT2D eigenvalue weighted by Crippen LogP contribution is -2.67. The molecule has 0 aromatic rings. The molecule has 4 atom stereocenters. The maximum absolute atomic E-state index is 12.3. The molecule has 1 rings (SSSR count). The van der Waals surface area contributed by atoms with Gasteiger partial charge in [-0.15, -0.1) is 0 Å². The lowest BCUT2D eigenvalue weighted by molar-refractivity contribution is -0.435. The minimum absolute atomic E-state index is 0.251. The minimum Gasteiger partial charge on any atom is -0.349 e. The number of methoxy groups -OCH3 is 2.